The third-order valence-corrected chi connectivity index (χ3v) is 3.53. The largest absolute Gasteiger partial charge is 0.414 e. The van der Waals surface area contributed by atoms with Crippen LogP contribution in [0, 0.1) is 0 Å². The number of halogens is 3. The minimum absolute atomic E-state index is 0.128. The maximum atomic E-state index is 11.7. The van der Waals surface area contributed by atoms with Crippen molar-refractivity contribution in [1.29, 1.82) is 0 Å². The Morgan fingerprint density at radius 1 is 1.41 bits per heavy atom. The molecule has 1 aliphatic rings. The number of hydrogen-bond donors (Lipinski definition) is 2. The normalized spacial score (nSPS) is 18.1. The predicted molar refractivity (Wildman–Crippen MR) is 58.5 cm³/mol. The standard InChI is InChI=1S/C9H15F3N2O2S/c10-9(11,12)6-16-14-8(15)5-17-7-1-3-13-4-2-7/h7,13H,1-6H2,(H,14,15). The highest BCUT2D eigenvalue weighted by Gasteiger charge is 2.28. The molecule has 0 saturated carbocycles. The molecule has 0 bridgehead atoms. The van der Waals surface area contributed by atoms with Gasteiger partial charge in [0.1, 0.15) is 0 Å². The Kier molecular flexibility index (Phi) is 6.07. The molecule has 2 N–H and O–H groups in total. The van der Waals surface area contributed by atoms with Crippen LogP contribution in [0.2, 0.25) is 0 Å². The molecule has 0 aromatic carbocycles. The summed E-state index contributed by atoms with van der Waals surface area (Å²) >= 11 is 1.45. The summed E-state index contributed by atoms with van der Waals surface area (Å²) in [4.78, 5) is 15.2. The fourth-order valence-electron chi connectivity index (χ4n) is 1.38. The topological polar surface area (TPSA) is 50.4 Å². The van der Waals surface area contributed by atoms with E-state index in [9.17, 15) is 18.0 Å². The Labute approximate surface area is 102 Å². The van der Waals surface area contributed by atoms with E-state index in [2.05, 4.69) is 10.2 Å². The SMILES string of the molecule is O=C(CSC1CCNCC1)NOCC(F)(F)F. The van der Waals surface area contributed by atoms with Crippen LogP contribution >= 0.6 is 11.8 Å². The zero-order valence-corrected chi connectivity index (χ0v) is 10.00. The minimum atomic E-state index is -4.42. The van der Waals surface area contributed by atoms with Crippen molar-refractivity contribution < 1.29 is 22.8 Å². The van der Waals surface area contributed by atoms with E-state index in [1.807, 2.05) is 0 Å². The van der Waals surface area contributed by atoms with Gasteiger partial charge in [0.05, 0.1) is 5.75 Å². The van der Waals surface area contributed by atoms with Crippen LogP contribution in [0.25, 0.3) is 0 Å². The molecule has 1 aliphatic heterocycles. The van der Waals surface area contributed by atoms with Crippen LogP contribution in [0.15, 0.2) is 0 Å². The van der Waals surface area contributed by atoms with E-state index in [-0.39, 0.29) is 5.75 Å². The monoisotopic (exact) mass is 272 g/mol. The van der Waals surface area contributed by atoms with Gasteiger partial charge in [-0.2, -0.15) is 13.2 Å². The molecule has 1 amide bonds. The third kappa shape index (κ3) is 7.45. The lowest BCUT2D eigenvalue weighted by atomic mass is 10.2. The molecule has 0 aromatic heterocycles. The van der Waals surface area contributed by atoms with Gasteiger partial charge in [0.15, 0.2) is 6.61 Å². The van der Waals surface area contributed by atoms with Gasteiger partial charge < -0.3 is 5.32 Å². The van der Waals surface area contributed by atoms with Gasteiger partial charge in [0.25, 0.3) is 5.91 Å². The lowest BCUT2D eigenvalue weighted by Gasteiger charge is -2.21. The second kappa shape index (κ2) is 7.07. The molecule has 1 saturated heterocycles. The maximum absolute atomic E-state index is 11.7. The lowest BCUT2D eigenvalue weighted by molar-refractivity contribution is -0.191. The summed E-state index contributed by atoms with van der Waals surface area (Å²) in [5.41, 5.74) is 1.78. The van der Waals surface area contributed by atoms with E-state index >= 15 is 0 Å². The Morgan fingerprint density at radius 3 is 2.65 bits per heavy atom. The van der Waals surface area contributed by atoms with E-state index < -0.39 is 18.7 Å². The second-order valence-corrected chi connectivity index (χ2v) is 4.98. The number of thioether (sulfide) groups is 1. The fourth-order valence-corrected chi connectivity index (χ4v) is 2.40. The Balaban J connectivity index is 2.04. The minimum Gasteiger partial charge on any atom is -0.317 e. The quantitative estimate of drug-likeness (QED) is 0.735. The van der Waals surface area contributed by atoms with Crippen molar-refractivity contribution in [1.82, 2.24) is 10.8 Å². The number of carbonyl (C=O) groups is 1. The van der Waals surface area contributed by atoms with Gasteiger partial charge in [-0.15, -0.1) is 11.8 Å². The Hall–Kier alpha value is -0.470. The molecule has 1 fully saturated rings. The number of alkyl halides is 3. The Morgan fingerprint density at radius 2 is 2.06 bits per heavy atom. The summed E-state index contributed by atoms with van der Waals surface area (Å²) in [6, 6.07) is 0. The summed E-state index contributed by atoms with van der Waals surface area (Å²) in [6.45, 7) is 0.379. The van der Waals surface area contributed by atoms with Crippen LogP contribution in [0.4, 0.5) is 13.2 Å². The van der Waals surface area contributed by atoms with Crippen molar-refractivity contribution in [2.75, 3.05) is 25.4 Å². The zero-order valence-electron chi connectivity index (χ0n) is 9.18. The molecule has 0 aromatic rings. The lowest BCUT2D eigenvalue weighted by Crippen LogP contribution is -2.33. The summed E-state index contributed by atoms with van der Waals surface area (Å²) in [6.07, 6.45) is -2.47. The number of hydrogen-bond acceptors (Lipinski definition) is 4. The first-order valence-electron chi connectivity index (χ1n) is 5.27. The fraction of sp³-hybridized carbons (Fsp3) is 0.889. The van der Waals surface area contributed by atoms with Crippen molar-refractivity contribution >= 4 is 17.7 Å². The van der Waals surface area contributed by atoms with Crippen LogP contribution in [0.1, 0.15) is 12.8 Å². The van der Waals surface area contributed by atoms with E-state index in [1.165, 1.54) is 11.8 Å². The molecular formula is C9H15F3N2O2S. The van der Waals surface area contributed by atoms with Gasteiger partial charge in [0, 0.05) is 5.25 Å². The smallest absolute Gasteiger partial charge is 0.317 e. The van der Waals surface area contributed by atoms with Gasteiger partial charge in [0.2, 0.25) is 0 Å². The van der Waals surface area contributed by atoms with Crippen molar-refractivity contribution in [3.05, 3.63) is 0 Å². The van der Waals surface area contributed by atoms with Crippen LogP contribution in [-0.2, 0) is 9.63 Å². The van der Waals surface area contributed by atoms with Crippen LogP contribution < -0.4 is 10.8 Å². The van der Waals surface area contributed by atoms with Crippen molar-refractivity contribution in [2.45, 2.75) is 24.3 Å². The first-order valence-corrected chi connectivity index (χ1v) is 6.32. The highest BCUT2D eigenvalue weighted by atomic mass is 32.2. The van der Waals surface area contributed by atoms with Crippen molar-refractivity contribution in [2.24, 2.45) is 0 Å². The van der Waals surface area contributed by atoms with Gasteiger partial charge in [-0.25, -0.2) is 5.48 Å². The van der Waals surface area contributed by atoms with Crippen LogP contribution in [0.5, 0.6) is 0 Å². The third-order valence-electron chi connectivity index (χ3n) is 2.16. The van der Waals surface area contributed by atoms with Crippen LogP contribution in [0.3, 0.4) is 0 Å². The first kappa shape index (κ1) is 14.6. The zero-order chi connectivity index (χ0) is 12.7. The molecule has 1 heterocycles. The molecule has 0 unspecified atom stereocenters. The number of carbonyl (C=O) groups excluding carboxylic acids is 1. The van der Waals surface area contributed by atoms with Gasteiger partial charge in [-0.1, -0.05) is 0 Å². The molecule has 0 atom stereocenters. The van der Waals surface area contributed by atoms with E-state index in [0.29, 0.717) is 5.25 Å². The molecule has 17 heavy (non-hydrogen) atoms. The molecule has 4 nitrogen and oxygen atoms in total. The molecule has 8 heteroatoms. The molecule has 0 spiro atoms. The Bertz CT molecular complexity index is 245. The van der Waals surface area contributed by atoms with Gasteiger partial charge >= 0.3 is 6.18 Å². The number of rotatable bonds is 5. The van der Waals surface area contributed by atoms with E-state index in [4.69, 9.17) is 0 Å². The highest BCUT2D eigenvalue weighted by molar-refractivity contribution is 8.00. The summed E-state index contributed by atoms with van der Waals surface area (Å²) in [7, 11) is 0. The number of nitrogens with one attached hydrogen (secondary N) is 2. The highest BCUT2D eigenvalue weighted by Crippen LogP contribution is 2.19. The van der Waals surface area contributed by atoms with E-state index in [0.717, 1.165) is 25.9 Å². The molecular weight excluding hydrogens is 257 g/mol. The van der Waals surface area contributed by atoms with Gasteiger partial charge in [-0.05, 0) is 25.9 Å². The molecule has 100 valence electrons. The van der Waals surface area contributed by atoms with E-state index in [1.54, 1.807) is 5.48 Å². The molecule has 1 rings (SSSR count). The predicted octanol–water partition coefficient (Wildman–Crippen LogP) is 1.08. The maximum Gasteiger partial charge on any atom is 0.414 e. The number of hydroxylamine groups is 1. The molecule has 0 radical (unpaired) electrons. The summed E-state index contributed by atoms with van der Waals surface area (Å²) in [5, 5.41) is 3.58. The summed E-state index contributed by atoms with van der Waals surface area (Å²) in [5.74, 6) is -0.402. The van der Waals surface area contributed by atoms with Crippen molar-refractivity contribution in [3.63, 3.8) is 0 Å². The first-order chi connectivity index (χ1) is 7.97. The average molecular weight is 272 g/mol. The average Bonchev–Trinajstić information content (AvgIpc) is 2.26. The second-order valence-electron chi connectivity index (χ2n) is 3.69. The number of piperidine rings is 1. The van der Waals surface area contributed by atoms with Crippen molar-refractivity contribution in [3.8, 4) is 0 Å². The van der Waals surface area contributed by atoms with Crippen LogP contribution in [-0.4, -0.2) is 42.8 Å². The number of amides is 1. The molecule has 0 aliphatic carbocycles. The summed E-state index contributed by atoms with van der Waals surface area (Å²) < 4.78 is 35.1. The van der Waals surface area contributed by atoms with Gasteiger partial charge in [-0.3, -0.25) is 9.63 Å².